The molecule has 0 aromatic heterocycles. The van der Waals surface area contributed by atoms with Crippen LogP contribution >= 0.6 is 12.2 Å². The fraction of sp³-hybridized carbons (Fsp3) is 0.133. The normalized spacial score (nSPS) is 10.0. The Morgan fingerprint density at radius 2 is 1.47 bits per heavy atom. The van der Waals surface area contributed by atoms with Gasteiger partial charge in [-0.2, -0.15) is 0 Å². The van der Waals surface area contributed by atoms with E-state index >= 15 is 0 Å². The first kappa shape index (κ1) is 13.4. The zero-order valence-corrected chi connectivity index (χ0v) is 11.8. The third kappa shape index (κ3) is 3.03. The zero-order valence-electron chi connectivity index (χ0n) is 11.0. The van der Waals surface area contributed by atoms with Crippen LogP contribution in [0.5, 0.6) is 5.75 Å². The average Bonchev–Trinajstić information content (AvgIpc) is 2.46. The van der Waals surface area contributed by atoms with Crippen LogP contribution in [0.2, 0.25) is 0 Å². The predicted octanol–water partition coefficient (Wildman–Crippen LogP) is 3.10. The van der Waals surface area contributed by atoms with Gasteiger partial charge in [-0.25, -0.2) is 0 Å². The predicted molar refractivity (Wildman–Crippen MR) is 83.4 cm³/mol. The summed E-state index contributed by atoms with van der Waals surface area (Å²) >= 11 is 4.94. The van der Waals surface area contributed by atoms with Gasteiger partial charge in [0, 0.05) is 24.0 Å². The van der Waals surface area contributed by atoms with Crippen molar-refractivity contribution in [2.75, 3.05) is 19.1 Å². The van der Waals surface area contributed by atoms with E-state index in [1.807, 2.05) is 55.6 Å². The van der Waals surface area contributed by atoms with Crippen molar-refractivity contribution in [1.82, 2.24) is 0 Å². The molecule has 0 radical (unpaired) electrons. The van der Waals surface area contributed by atoms with Gasteiger partial charge in [0.2, 0.25) is 0 Å². The number of ether oxygens (including phenoxy) is 1. The third-order valence-electron chi connectivity index (χ3n) is 3.00. The molecule has 0 amide bonds. The van der Waals surface area contributed by atoms with Crippen molar-refractivity contribution in [2.24, 2.45) is 5.73 Å². The van der Waals surface area contributed by atoms with Crippen LogP contribution in [-0.4, -0.2) is 19.1 Å². The monoisotopic (exact) mass is 272 g/mol. The Labute approximate surface area is 118 Å². The molecule has 2 aromatic rings. The topological polar surface area (TPSA) is 38.5 Å². The summed E-state index contributed by atoms with van der Waals surface area (Å²) in [5.74, 6) is 0.848. The third-order valence-corrected chi connectivity index (χ3v) is 3.23. The Kier molecular flexibility index (Phi) is 4.02. The Hall–Kier alpha value is -2.07. The van der Waals surface area contributed by atoms with Crippen LogP contribution in [0, 0.1) is 0 Å². The molecule has 0 atom stereocenters. The number of benzene rings is 2. The fourth-order valence-corrected chi connectivity index (χ4v) is 1.94. The zero-order chi connectivity index (χ0) is 13.8. The lowest BCUT2D eigenvalue weighted by Gasteiger charge is -2.20. The van der Waals surface area contributed by atoms with E-state index < -0.39 is 0 Å². The Morgan fingerprint density at radius 3 is 1.89 bits per heavy atom. The molecule has 0 saturated heterocycles. The lowest BCUT2D eigenvalue weighted by atomic mass is 10.2. The molecule has 0 fully saturated rings. The maximum Gasteiger partial charge on any atom is 0.119 e. The molecule has 2 rings (SSSR count). The summed E-state index contributed by atoms with van der Waals surface area (Å²) in [6.07, 6.45) is 0. The van der Waals surface area contributed by atoms with Crippen molar-refractivity contribution in [3.05, 3.63) is 54.1 Å². The van der Waals surface area contributed by atoms with Crippen LogP contribution in [0.15, 0.2) is 48.5 Å². The molecule has 2 aromatic carbocycles. The maximum absolute atomic E-state index is 5.59. The van der Waals surface area contributed by atoms with Crippen molar-refractivity contribution in [3.63, 3.8) is 0 Å². The summed E-state index contributed by atoms with van der Waals surface area (Å²) in [6, 6.07) is 15.8. The SMILES string of the molecule is COc1ccc(N(C)c2ccc(C(N)=S)cc2)cc1. The second-order valence-corrected chi connectivity index (χ2v) is 4.61. The molecule has 0 heterocycles. The molecule has 98 valence electrons. The van der Waals surface area contributed by atoms with E-state index in [2.05, 4.69) is 4.90 Å². The number of methoxy groups -OCH3 is 1. The minimum absolute atomic E-state index is 0.415. The molecule has 2 N–H and O–H groups in total. The molecule has 3 nitrogen and oxygen atoms in total. The minimum atomic E-state index is 0.415. The van der Waals surface area contributed by atoms with Gasteiger partial charge in [-0.1, -0.05) is 12.2 Å². The molecular formula is C15H16N2OS. The molecular weight excluding hydrogens is 256 g/mol. The molecule has 0 bridgehead atoms. The van der Waals surface area contributed by atoms with Gasteiger partial charge in [0.15, 0.2) is 0 Å². The van der Waals surface area contributed by atoms with Crippen molar-refractivity contribution < 1.29 is 4.74 Å². The molecule has 0 aliphatic heterocycles. The highest BCUT2D eigenvalue weighted by Crippen LogP contribution is 2.25. The van der Waals surface area contributed by atoms with Gasteiger partial charge in [-0.05, 0) is 48.5 Å². The quantitative estimate of drug-likeness (QED) is 0.868. The number of nitrogens with two attached hydrogens (primary N) is 1. The molecule has 0 aliphatic carbocycles. The van der Waals surface area contributed by atoms with Crippen LogP contribution in [-0.2, 0) is 0 Å². The molecule has 0 unspecified atom stereocenters. The van der Waals surface area contributed by atoms with Gasteiger partial charge in [0.25, 0.3) is 0 Å². The van der Waals surface area contributed by atoms with E-state index in [9.17, 15) is 0 Å². The summed E-state index contributed by atoms with van der Waals surface area (Å²) < 4.78 is 5.15. The maximum atomic E-state index is 5.59. The summed E-state index contributed by atoms with van der Waals surface area (Å²) in [5.41, 5.74) is 8.62. The van der Waals surface area contributed by atoms with E-state index in [-0.39, 0.29) is 0 Å². The largest absolute Gasteiger partial charge is 0.497 e. The average molecular weight is 272 g/mol. The standard InChI is InChI=1S/C15H16N2OS/c1-17(13-7-9-14(18-2)10-8-13)12-5-3-11(4-6-12)15(16)19/h3-10H,1-2H3,(H2,16,19). The number of anilines is 2. The van der Waals surface area contributed by atoms with E-state index in [0.29, 0.717) is 4.99 Å². The highest BCUT2D eigenvalue weighted by molar-refractivity contribution is 7.80. The van der Waals surface area contributed by atoms with Crippen molar-refractivity contribution in [2.45, 2.75) is 0 Å². The van der Waals surface area contributed by atoms with Crippen LogP contribution in [0.3, 0.4) is 0 Å². The van der Waals surface area contributed by atoms with Crippen LogP contribution in [0.25, 0.3) is 0 Å². The molecule has 0 saturated carbocycles. The Morgan fingerprint density at radius 1 is 1.00 bits per heavy atom. The van der Waals surface area contributed by atoms with Gasteiger partial charge in [0.1, 0.15) is 10.7 Å². The lowest BCUT2D eigenvalue weighted by Crippen LogP contribution is -2.11. The summed E-state index contributed by atoms with van der Waals surface area (Å²) in [5, 5.41) is 0. The number of thiocarbonyl (C=S) groups is 1. The second kappa shape index (κ2) is 5.71. The molecule has 19 heavy (non-hydrogen) atoms. The Balaban J connectivity index is 2.22. The lowest BCUT2D eigenvalue weighted by molar-refractivity contribution is 0.415. The first-order valence-electron chi connectivity index (χ1n) is 5.89. The number of nitrogens with zero attached hydrogens (tertiary/aromatic N) is 1. The van der Waals surface area contributed by atoms with E-state index in [1.54, 1.807) is 7.11 Å². The summed E-state index contributed by atoms with van der Waals surface area (Å²) in [4.78, 5) is 2.50. The number of rotatable bonds is 4. The van der Waals surface area contributed by atoms with Gasteiger partial charge >= 0.3 is 0 Å². The number of hydrogen-bond donors (Lipinski definition) is 1. The summed E-state index contributed by atoms with van der Waals surface area (Å²) in [6.45, 7) is 0. The van der Waals surface area contributed by atoms with E-state index in [1.165, 1.54) is 0 Å². The van der Waals surface area contributed by atoms with Gasteiger partial charge < -0.3 is 15.4 Å². The summed E-state index contributed by atoms with van der Waals surface area (Å²) in [7, 11) is 3.67. The van der Waals surface area contributed by atoms with Gasteiger partial charge in [-0.15, -0.1) is 0 Å². The molecule has 0 spiro atoms. The highest BCUT2D eigenvalue weighted by atomic mass is 32.1. The smallest absolute Gasteiger partial charge is 0.119 e. The van der Waals surface area contributed by atoms with Gasteiger partial charge in [-0.3, -0.25) is 0 Å². The van der Waals surface area contributed by atoms with E-state index in [0.717, 1.165) is 22.7 Å². The van der Waals surface area contributed by atoms with Gasteiger partial charge in [0.05, 0.1) is 7.11 Å². The van der Waals surface area contributed by atoms with Crippen molar-refractivity contribution in [3.8, 4) is 5.75 Å². The van der Waals surface area contributed by atoms with Crippen LogP contribution in [0.4, 0.5) is 11.4 Å². The second-order valence-electron chi connectivity index (χ2n) is 4.17. The minimum Gasteiger partial charge on any atom is -0.497 e. The van der Waals surface area contributed by atoms with Crippen LogP contribution in [0.1, 0.15) is 5.56 Å². The fourth-order valence-electron chi connectivity index (χ4n) is 1.80. The Bertz CT molecular complexity index is 564. The molecule has 4 heteroatoms. The van der Waals surface area contributed by atoms with Crippen LogP contribution < -0.4 is 15.4 Å². The van der Waals surface area contributed by atoms with E-state index in [4.69, 9.17) is 22.7 Å². The first-order chi connectivity index (χ1) is 9.11. The highest BCUT2D eigenvalue weighted by Gasteiger charge is 2.04. The first-order valence-corrected chi connectivity index (χ1v) is 6.30. The van der Waals surface area contributed by atoms with Crippen molar-refractivity contribution >= 4 is 28.6 Å². The van der Waals surface area contributed by atoms with Crippen molar-refractivity contribution in [1.29, 1.82) is 0 Å². The number of hydrogen-bond acceptors (Lipinski definition) is 3. The molecule has 0 aliphatic rings.